The minimum absolute atomic E-state index is 0.0363. The van der Waals surface area contributed by atoms with Crippen molar-refractivity contribution in [3.05, 3.63) is 22.4 Å². The van der Waals surface area contributed by atoms with Gasteiger partial charge in [-0.05, 0) is 42.8 Å². The number of aliphatic carboxylic acids is 1. The molecule has 5 nitrogen and oxygen atoms in total. The summed E-state index contributed by atoms with van der Waals surface area (Å²) in [7, 11) is 0. The van der Waals surface area contributed by atoms with E-state index < -0.39 is 5.97 Å². The van der Waals surface area contributed by atoms with Gasteiger partial charge in [-0.3, -0.25) is 9.59 Å². The van der Waals surface area contributed by atoms with Crippen molar-refractivity contribution in [1.82, 2.24) is 9.47 Å². The van der Waals surface area contributed by atoms with Crippen molar-refractivity contribution in [2.75, 3.05) is 6.54 Å². The van der Waals surface area contributed by atoms with Gasteiger partial charge in [-0.2, -0.15) is 0 Å². The molecular formula is C13H19BrN2O3. The standard InChI is InChI=1S/C13H19BrN2O3/c1-4-15-8-10(14)7-11(15)13(19)16(9(2)3)6-5-12(17)18/h7-9H,4-6H2,1-3H3,(H,17,18). The number of carboxylic acids is 1. The molecule has 0 saturated heterocycles. The molecular weight excluding hydrogens is 312 g/mol. The van der Waals surface area contributed by atoms with Crippen LogP contribution in [-0.4, -0.2) is 39.0 Å². The van der Waals surface area contributed by atoms with E-state index in [1.807, 2.05) is 31.5 Å². The first-order valence-corrected chi connectivity index (χ1v) is 7.04. The van der Waals surface area contributed by atoms with Crippen LogP contribution in [0.2, 0.25) is 0 Å². The van der Waals surface area contributed by atoms with Gasteiger partial charge in [-0.25, -0.2) is 0 Å². The van der Waals surface area contributed by atoms with E-state index in [0.29, 0.717) is 12.2 Å². The average Bonchev–Trinajstić information content (AvgIpc) is 2.69. The highest BCUT2D eigenvalue weighted by atomic mass is 79.9. The molecule has 1 heterocycles. The highest BCUT2D eigenvalue weighted by molar-refractivity contribution is 9.10. The number of carboxylic acid groups (broad SMARTS) is 1. The van der Waals surface area contributed by atoms with Crippen LogP contribution in [-0.2, 0) is 11.3 Å². The monoisotopic (exact) mass is 330 g/mol. The molecule has 0 unspecified atom stereocenters. The van der Waals surface area contributed by atoms with Gasteiger partial charge in [0.15, 0.2) is 0 Å². The second-order valence-corrected chi connectivity index (χ2v) is 5.48. The van der Waals surface area contributed by atoms with Gasteiger partial charge < -0.3 is 14.6 Å². The van der Waals surface area contributed by atoms with Crippen molar-refractivity contribution in [2.45, 2.75) is 39.8 Å². The summed E-state index contributed by atoms with van der Waals surface area (Å²) in [5.41, 5.74) is 0.577. The van der Waals surface area contributed by atoms with Crippen LogP contribution in [0.3, 0.4) is 0 Å². The fourth-order valence-corrected chi connectivity index (χ4v) is 2.34. The normalized spacial score (nSPS) is 10.8. The van der Waals surface area contributed by atoms with Crippen LogP contribution in [0.1, 0.15) is 37.7 Å². The molecule has 1 aromatic heterocycles. The lowest BCUT2D eigenvalue weighted by atomic mass is 10.2. The SMILES string of the molecule is CCn1cc(Br)cc1C(=O)N(CCC(=O)O)C(C)C. The smallest absolute Gasteiger partial charge is 0.305 e. The Morgan fingerprint density at radius 1 is 1.47 bits per heavy atom. The van der Waals surface area contributed by atoms with Gasteiger partial charge in [0.25, 0.3) is 5.91 Å². The summed E-state index contributed by atoms with van der Waals surface area (Å²) in [5, 5.41) is 8.75. The Morgan fingerprint density at radius 3 is 2.58 bits per heavy atom. The Kier molecular flexibility index (Phi) is 5.60. The lowest BCUT2D eigenvalue weighted by Crippen LogP contribution is -2.39. The predicted molar refractivity (Wildman–Crippen MR) is 76.2 cm³/mol. The second kappa shape index (κ2) is 6.75. The van der Waals surface area contributed by atoms with Crippen molar-refractivity contribution in [1.29, 1.82) is 0 Å². The molecule has 0 fully saturated rings. The Morgan fingerprint density at radius 2 is 2.11 bits per heavy atom. The Labute approximate surface area is 121 Å². The third kappa shape index (κ3) is 4.09. The molecule has 106 valence electrons. The molecule has 0 bridgehead atoms. The lowest BCUT2D eigenvalue weighted by molar-refractivity contribution is -0.137. The van der Waals surface area contributed by atoms with Crippen LogP contribution in [0.25, 0.3) is 0 Å². The first-order valence-electron chi connectivity index (χ1n) is 6.25. The van der Waals surface area contributed by atoms with Gasteiger partial charge in [-0.15, -0.1) is 0 Å². The topological polar surface area (TPSA) is 62.5 Å². The predicted octanol–water partition coefficient (Wildman–Crippen LogP) is 2.60. The molecule has 0 saturated carbocycles. The number of hydrogen-bond donors (Lipinski definition) is 1. The van der Waals surface area contributed by atoms with E-state index in [9.17, 15) is 9.59 Å². The fourth-order valence-electron chi connectivity index (χ4n) is 1.87. The van der Waals surface area contributed by atoms with Gasteiger partial charge in [-0.1, -0.05) is 0 Å². The largest absolute Gasteiger partial charge is 0.481 e. The van der Waals surface area contributed by atoms with Crippen molar-refractivity contribution >= 4 is 27.8 Å². The molecule has 0 radical (unpaired) electrons. The third-order valence-corrected chi connectivity index (χ3v) is 3.31. The van der Waals surface area contributed by atoms with Gasteiger partial charge in [0.2, 0.25) is 0 Å². The zero-order valence-electron chi connectivity index (χ0n) is 11.4. The average molecular weight is 331 g/mol. The number of halogens is 1. The number of carbonyl (C=O) groups is 2. The van der Waals surface area contributed by atoms with E-state index in [0.717, 1.165) is 4.47 Å². The van der Waals surface area contributed by atoms with E-state index in [1.165, 1.54) is 0 Å². The molecule has 0 aliphatic heterocycles. The Hall–Kier alpha value is -1.30. The molecule has 0 aliphatic carbocycles. The van der Waals surface area contributed by atoms with Gasteiger partial charge in [0.1, 0.15) is 5.69 Å². The van der Waals surface area contributed by atoms with E-state index in [-0.39, 0.29) is 24.9 Å². The Bertz CT molecular complexity index is 468. The number of aryl methyl sites for hydroxylation is 1. The highest BCUT2D eigenvalue weighted by Gasteiger charge is 2.22. The maximum Gasteiger partial charge on any atom is 0.305 e. The van der Waals surface area contributed by atoms with E-state index in [2.05, 4.69) is 15.9 Å². The lowest BCUT2D eigenvalue weighted by Gasteiger charge is -2.26. The maximum absolute atomic E-state index is 12.5. The third-order valence-electron chi connectivity index (χ3n) is 2.87. The van der Waals surface area contributed by atoms with Crippen LogP contribution in [0, 0.1) is 0 Å². The highest BCUT2D eigenvalue weighted by Crippen LogP contribution is 2.18. The van der Waals surface area contributed by atoms with Crippen LogP contribution in [0.5, 0.6) is 0 Å². The number of hydrogen-bond acceptors (Lipinski definition) is 2. The summed E-state index contributed by atoms with van der Waals surface area (Å²) < 4.78 is 2.70. The van der Waals surface area contributed by atoms with Gasteiger partial charge in [0.05, 0.1) is 6.42 Å². The minimum Gasteiger partial charge on any atom is -0.481 e. The summed E-state index contributed by atoms with van der Waals surface area (Å²) in [6.07, 6.45) is 1.81. The van der Waals surface area contributed by atoms with E-state index in [4.69, 9.17) is 5.11 Å². The molecule has 19 heavy (non-hydrogen) atoms. The molecule has 0 spiro atoms. The van der Waals surface area contributed by atoms with Crippen LogP contribution in [0.4, 0.5) is 0 Å². The summed E-state index contributed by atoms with van der Waals surface area (Å²) in [6.45, 7) is 6.64. The van der Waals surface area contributed by atoms with Gasteiger partial charge >= 0.3 is 5.97 Å². The molecule has 1 N–H and O–H groups in total. The van der Waals surface area contributed by atoms with Crippen molar-refractivity contribution in [3.63, 3.8) is 0 Å². The van der Waals surface area contributed by atoms with E-state index in [1.54, 1.807) is 11.0 Å². The van der Waals surface area contributed by atoms with Crippen LogP contribution < -0.4 is 0 Å². The molecule has 0 aromatic carbocycles. The number of carbonyl (C=O) groups excluding carboxylic acids is 1. The quantitative estimate of drug-likeness (QED) is 0.871. The molecule has 0 atom stereocenters. The second-order valence-electron chi connectivity index (χ2n) is 4.57. The van der Waals surface area contributed by atoms with Crippen molar-refractivity contribution < 1.29 is 14.7 Å². The van der Waals surface area contributed by atoms with Crippen molar-refractivity contribution in [3.8, 4) is 0 Å². The van der Waals surface area contributed by atoms with Crippen LogP contribution in [0.15, 0.2) is 16.7 Å². The molecule has 1 rings (SSSR count). The first kappa shape index (κ1) is 15.8. The Balaban J connectivity index is 2.95. The molecule has 1 amide bonds. The summed E-state index contributed by atoms with van der Waals surface area (Å²) in [5.74, 6) is -1.03. The maximum atomic E-state index is 12.5. The minimum atomic E-state index is -0.898. The number of amides is 1. The summed E-state index contributed by atoms with van der Waals surface area (Å²) >= 11 is 3.35. The summed E-state index contributed by atoms with van der Waals surface area (Å²) in [6, 6.07) is 1.73. The number of rotatable bonds is 6. The molecule has 6 heteroatoms. The van der Waals surface area contributed by atoms with Crippen LogP contribution >= 0.6 is 15.9 Å². The number of aromatic nitrogens is 1. The first-order chi connectivity index (χ1) is 8.86. The molecule has 0 aliphatic rings. The molecule has 1 aromatic rings. The van der Waals surface area contributed by atoms with E-state index >= 15 is 0 Å². The van der Waals surface area contributed by atoms with Gasteiger partial charge in [0, 0.05) is 29.8 Å². The fraction of sp³-hybridized carbons (Fsp3) is 0.538. The summed E-state index contributed by atoms with van der Waals surface area (Å²) in [4.78, 5) is 24.7. The van der Waals surface area contributed by atoms with Crippen molar-refractivity contribution in [2.24, 2.45) is 0 Å². The zero-order chi connectivity index (χ0) is 14.6. The number of nitrogens with zero attached hydrogens (tertiary/aromatic N) is 2. The zero-order valence-corrected chi connectivity index (χ0v) is 13.0.